The Hall–Kier alpha value is -3.30. The summed E-state index contributed by atoms with van der Waals surface area (Å²) in [6.45, 7) is -0.0971. The van der Waals surface area contributed by atoms with Gasteiger partial charge < -0.3 is 14.7 Å². The number of rotatable bonds is 8. The number of halogens is 5. The van der Waals surface area contributed by atoms with Gasteiger partial charge in [0.2, 0.25) is 11.8 Å². The Morgan fingerprint density at radius 2 is 1.76 bits per heavy atom. The zero-order valence-corrected chi connectivity index (χ0v) is 23.8. The van der Waals surface area contributed by atoms with E-state index in [4.69, 9.17) is 4.74 Å². The number of benzene rings is 1. The quantitative estimate of drug-likeness (QED) is 0.170. The number of carbonyl (C=O) groups is 2. The van der Waals surface area contributed by atoms with Crippen molar-refractivity contribution in [3.63, 3.8) is 0 Å². The highest BCUT2D eigenvalue weighted by Gasteiger charge is 2.39. The highest BCUT2D eigenvalue weighted by Crippen LogP contribution is 2.41. The Balaban J connectivity index is 1.49. The Kier molecular flexibility index (Phi) is 8.47. The van der Waals surface area contributed by atoms with E-state index < -0.39 is 40.7 Å². The molecule has 2 aromatic heterocycles. The van der Waals surface area contributed by atoms with Crippen LogP contribution in [-0.2, 0) is 17.5 Å². The van der Waals surface area contributed by atoms with Gasteiger partial charge in [0.1, 0.15) is 5.56 Å². The van der Waals surface area contributed by atoms with Crippen molar-refractivity contribution in [1.29, 1.82) is 0 Å². The van der Waals surface area contributed by atoms with Gasteiger partial charge in [0.25, 0.3) is 0 Å². The average molecular weight is 687 g/mol. The molecule has 1 aromatic carbocycles. The molecule has 0 radical (unpaired) electrons. The summed E-state index contributed by atoms with van der Waals surface area (Å²) in [6.07, 6.45) is 4.10. The first kappa shape index (κ1) is 29.2. The summed E-state index contributed by atoms with van der Waals surface area (Å²) < 4.78 is 62.9. The number of hydrogen-bond acceptors (Lipinski definition) is 6. The average Bonchev–Trinajstić information content (AvgIpc) is 3.40. The number of alkyl halides is 4. The third-order valence-corrected chi connectivity index (χ3v) is 8.68. The zero-order chi connectivity index (χ0) is 29.3. The molecule has 3 aromatic rings. The molecule has 14 heteroatoms. The topological polar surface area (TPSA) is 110 Å². The Morgan fingerprint density at radius 1 is 1.07 bits per heavy atom. The van der Waals surface area contributed by atoms with E-state index in [0.29, 0.717) is 29.6 Å². The molecule has 0 aliphatic heterocycles. The number of hydrogen-bond donors (Lipinski definition) is 1. The van der Waals surface area contributed by atoms with Gasteiger partial charge in [0.15, 0.2) is 11.6 Å². The van der Waals surface area contributed by atoms with E-state index in [9.17, 15) is 27.9 Å². The summed E-state index contributed by atoms with van der Waals surface area (Å²) in [6, 6.07) is 2.19. The Labute approximate surface area is 246 Å². The number of nitrogens with zero attached hydrogens (tertiary/aromatic N) is 5. The second-order valence-electron chi connectivity index (χ2n) is 10.2. The lowest BCUT2D eigenvalue weighted by molar-refractivity contribution is -0.139. The van der Waals surface area contributed by atoms with Crippen LogP contribution >= 0.6 is 22.6 Å². The number of pyridine rings is 1. The third-order valence-electron chi connectivity index (χ3n) is 7.43. The first-order valence-corrected chi connectivity index (χ1v) is 14.4. The summed E-state index contributed by atoms with van der Waals surface area (Å²) in [5.74, 6) is -4.84. The van der Waals surface area contributed by atoms with E-state index in [0.717, 1.165) is 48.5 Å². The predicted molar refractivity (Wildman–Crippen MR) is 147 cm³/mol. The van der Waals surface area contributed by atoms with Crippen LogP contribution < -0.4 is 9.64 Å². The van der Waals surface area contributed by atoms with Crippen molar-refractivity contribution in [1.82, 2.24) is 20.0 Å². The van der Waals surface area contributed by atoms with Crippen LogP contribution in [0.4, 0.5) is 23.2 Å². The first-order valence-electron chi connectivity index (χ1n) is 13.1. The number of carbonyl (C=O) groups excluding carboxylic acids is 1. The van der Waals surface area contributed by atoms with Gasteiger partial charge in [-0.1, -0.05) is 22.6 Å². The maximum absolute atomic E-state index is 15.5. The van der Waals surface area contributed by atoms with Crippen molar-refractivity contribution in [2.75, 3.05) is 4.90 Å². The molecular weight excluding hydrogens is 661 g/mol. The molecule has 9 nitrogen and oxygen atoms in total. The number of aromatic carboxylic acids is 1. The van der Waals surface area contributed by atoms with Crippen LogP contribution in [-0.4, -0.2) is 46.9 Å². The van der Waals surface area contributed by atoms with Gasteiger partial charge >= 0.3 is 12.1 Å². The molecule has 2 aliphatic rings. The van der Waals surface area contributed by atoms with Crippen molar-refractivity contribution in [2.24, 2.45) is 5.92 Å². The summed E-state index contributed by atoms with van der Waals surface area (Å²) in [5, 5.41) is 17.7. The fraction of sp³-hybridized carbons (Fsp3) is 0.444. The molecule has 5 rings (SSSR count). The molecule has 2 heterocycles. The molecule has 2 aliphatic carbocycles. The number of aromatic nitrogens is 4. The normalized spacial score (nSPS) is 19.4. The van der Waals surface area contributed by atoms with Crippen LogP contribution in [0.2, 0.25) is 0 Å². The lowest BCUT2D eigenvalue weighted by atomic mass is 9.85. The molecule has 0 saturated heterocycles. The predicted octanol–water partition coefficient (Wildman–Crippen LogP) is 6.25. The Bertz CT molecular complexity index is 1420. The van der Waals surface area contributed by atoms with E-state index in [1.165, 1.54) is 17.3 Å². The minimum Gasteiger partial charge on any atom is -0.478 e. The zero-order valence-electron chi connectivity index (χ0n) is 21.7. The number of anilines is 1. The van der Waals surface area contributed by atoms with Crippen molar-refractivity contribution in [2.45, 2.75) is 67.6 Å². The van der Waals surface area contributed by atoms with Gasteiger partial charge in [-0.05, 0) is 56.6 Å². The van der Waals surface area contributed by atoms with E-state index in [-0.39, 0.29) is 35.7 Å². The fourth-order valence-electron chi connectivity index (χ4n) is 5.09. The van der Waals surface area contributed by atoms with Crippen LogP contribution in [0.3, 0.4) is 0 Å². The molecular formula is C27H26F4IN5O4. The molecule has 1 N–H and O–H groups in total. The van der Waals surface area contributed by atoms with E-state index in [2.05, 4.69) is 37.8 Å². The number of ether oxygens (including phenoxy) is 1. The highest BCUT2D eigenvalue weighted by molar-refractivity contribution is 14.1. The maximum Gasteiger partial charge on any atom is 0.421 e. The van der Waals surface area contributed by atoms with E-state index >= 15 is 4.39 Å². The SMILES string of the molecule is O=C(O)c1cc(Oc2ncc(Cn3nccn3)cc2C(F)(F)F)c(F)cc1N(C(=O)C1CCC(I)CC1)C1CCC1. The molecule has 2 fully saturated rings. The van der Waals surface area contributed by atoms with Gasteiger partial charge in [-0.3, -0.25) is 4.79 Å². The van der Waals surface area contributed by atoms with Gasteiger partial charge in [-0.25, -0.2) is 14.2 Å². The van der Waals surface area contributed by atoms with Crippen molar-refractivity contribution in [3.8, 4) is 11.6 Å². The van der Waals surface area contributed by atoms with E-state index in [1.54, 1.807) is 0 Å². The van der Waals surface area contributed by atoms with Gasteiger partial charge in [0.05, 0.1) is 30.2 Å². The Morgan fingerprint density at radius 3 is 2.34 bits per heavy atom. The monoisotopic (exact) mass is 687 g/mol. The van der Waals surface area contributed by atoms with E-state index in [1.807, 2.05) is 0 Å². The lowest BCUT2D eigenvalue weighted by Crippen LogP contribution is -2.48. The van der Waals surface area contributed by atoms with Crippen LogP contribution in [0, 0.1) is 11.7 Å². The fourth-order valence-corrected chi connectivity index (χ4v) is 5.81. The van der Waals surface area contributed by atoms with Crippen LogP contribution in [0.5, 0.6) is 11.6 Å². The molecule has 0 unspecified atom stereocenters. The maximum atomic E-state index is 15.5. The van der Waals surface area contributed by atoms with Gasteiger partial charge in [0, 0.05) is 34.2 Å². The second-order valence-corrected chi connectivity index (χ2v) is 12.0. The summed E-state index contributed by atoms with van der Waals surface area (Å²) in [7, 11) is 0. The van der Waals surface area contributed by atoms with Crippen molar-refractivity contribution in [3.05, 3.63) is 59.3 Å². The summed E-state index contributed by atoms with van der Waals surface area (Å²) >= 11 is 2.35. The molecule has 0 bridgehead atoms. The molecule has 218 valence electrons. The van der Waals surface area contributed by atoms with Crippen molar-refractivity contribution < 1.29 is 37.0 Å². The number of carboxylic acids is 1. The minimum atomic E-state index is -4.91. The van der Waals surface area contributed by atoms with Crippen LogP contribution in [0.25, 0.3) is 0 Å². The smallest absolute Gasteiger partial charge is 0.421 e. The third kappa shape index (κ3) is 6.46. The molecule has 41 heavy (non-hydrogen) atoms. The van der Waals surface area contributed by atoms with Gasteiger partial charge in [-0.15, -0.1) is 0 Å². The summed E-state index contributed by atoms with van der Waals surface area (Å²) in [5.41, 5.74) is -1.73. The molecule has 1 amide bonds. The largest absolute Gasteiger partial charge is 0.478 e. The second kappa shape index (κ2) is 11.9. The molecule has 2 saturated carbocycles. The van der Waals surface area contributed by atoms with Crippen molar-refractivity contribution >= 4 is 40.2 Å². The van der Waals surface area contributed by atoms with Gasteiger partial charge in [-0.2, -0.15) is 28.2 Å². The highest BCUT2D eigenvalue weighted by atomic mass is 127. The summed E-state index contributed by atoms with van der Waals surface area (Å²) in [4.78, 5) is 32.2. The molecule has 0 spiro atoms. The lowest BCUT2D eigenvalue weighted by Gasteiger charge is -2.41. The number of amides is 1. The van der Waals surface area contributed by atoms with Crippen LogP contribution in [0.15, 0.2) is 36.8 Å². The molecule has 0 atom stereocenters. The first-order chi connectivity index (χ1) is 19.5. The standard InChI is InChI=1S/C27H26F4IN5O4/c28-21-12-22(37(18-2-1-3-18)25(38)16-4-6-17(32)7-5-16)19(26(39)40)11-23(21)41-24-20(27(29,30)31)10-15(13-33-24)14-36-34-8-9-35-36/h8-13,16-18H,1-7,14H2,(H,39,40). The number of carboxylic acid groups (broad SMARTS) is 1. The van der Waals surface area contributed by atoms with Crippen LogP contribution in [0.1, 0.15) is 66.4 Å². The minimum absolute atomic E-state index is 0.0971.